The summed E-state index contributed by atoms with van der Waals surface area (Å²) < 4.78 is 25.4. The van der Waals surface area contributed by atoms with Crippen molar-refractivity contribution in [2.75, 3.05) is 0 Å². The third-order valence-corrected chi connectivity index (χ3v) is 18.4. The van der Waals surface area contributed by atoms with Gasteiger partial charge in [0.1, 0.15) is 24.7 Å². The first-order valence-electron chi connectivity index (χ1n) is 16.2. The molecule has 0 bridgehead atoms. The van der Waals surface area contributed by atoms with Gasteiger partial charge in [-0.2, -0.15) is 0 Å². The number of ether oxygens (including phenoxy) is 2. The summed E-state index contributed by atoms with van der Waals surface area (Å²) in [5.41, 5.74) is 4.54. The Morgan fingerprint density at radius 3 is 1.42 bits per heavy atom. The van der Waals surface area contributed by atoms with Crippen molar-refractivity contribution in [3.63, 3.8) is 0 Å². The zero-order valence-electron chi connectivity index (χ0n) is 29.8. The van der Waals surface area contributed by atoms with E-state index >= 15 is 0 Å². The van der Waals surface area contributed by atoms with Gasteiger partial charge in [0.15, 0.2) is 16.6 Å². The minimum absolute atomic E-state index is 0.0681. The van der Waals surface area contributed by atoms with Gasteiger partial charge in [-0.25, -0.2) is 0 Å². The molecule has 0 spiro atoms. The Bertz CT molecular complexity index is 1400. The third-order valence-electron chi connectivity index (χ3n) is 9.43. The highest BCUT2D eigenvalue weighted by atomic mass is 28.4. The topological polar surface area (TPSA) is 36.9 Å². The van der Waals surface area contributed by atoms with Crippen LogP contribution >= 0.6 is 0 Å². The summed E-state index contributed by atoms with van der Waals surface area (Å²) in [4.78, 5) is 0. The highest BCUT2D eigenvalue weighted by molar-refractivity contribution is 6.74. The third kappa shape index (κ3) is 10.6. The molecule has 244 valence electrons. The normalized spacial score (nSPS) is 13.9. The Morgan fingerprint density at radius 2 is 1.00 bits per heavy atom. The number of rotatable bonds is 13. The first kappa shape index (κ1) is 36.6. The van der Waals surface area contributed by atoms with Crippen LogP contribution in [-0.4, -0.2) is 16.6 Å². The first-order valence-corrected chi connectivity index (χ1v) is 22.0. The molecule has 0 saturated carbocycles. The molecule has 0 N–H and O–H groups in total. The SMILES string of the molecule is CC#C[C@H](C)[C@H](O[Si](C)(C)C(C)(C)C)c1ccc(OCc2ccc(COc3ccc(CO[Si](C)(C)C(C)(C)C)cc3)cc2)cc1. The molecule has 0 fully saturated rings. The van der Waals surface area contributed by atoms with E-state index in [4.69, 9.17) is 18.3 Å². The van der Waals surface area contributed by atoms with Crippen LogP contribution in [0.15, 0.2) is 72.8 Å². The summed E-state index contributed by atoms with van der Waals surface area (Å²) in [6.45, 7) is 28.5. The van der Waals surface area contributed by atoms with Crippen LogP contribution in [-0.2, 0) is 28.7 Å². The monoisotopic (exact) mass is 644 g/mol. The molecule has 0 heterocycles. The van der Waals surface area contributed by atoms with E-state index in [1.54, 1.807) is 0 Å². The summed E-state index contributed by atoms with van der Waals surface area (Å²) >= 11 is 0. The maximum absolute atomic E-state index is 6.85. The predicted molar refractivity (Wildman–Crippen MR) is 194 cm³/mol. The van der Waals surface area contributed by atoms with Gasteiger partial charge in [0.25, 0.3) is 0 Å². The Labute approximate surface area is 276 Å². The molecule has 0 unspecified atom stereocenters. The Hall–Kier alpha value is -2.83. The van der Waals surface area contributed by atoms with Crippen LogP contribution in [0.1, 0.15) is 83.7 Å². The molecule has 2 atom stereocenters. The van der Waals surface area contributed by atoms with Crippen molar-refractivity contribution >= 4 is 16.6 Å². The van der Waals surface area contributed by atoms with Gasteiger partial charge in [0.2, 0.25) is 0 Å². The van der Waals surface area contributed by atoms with E-state index in [-0.39, 0.29) is 22.1 Å². The van der Waals surface area contributed by atoms with Gasteiger partial charge in [-0.05, 0) is 96.6 Å². The second kappa shape index (κ2) is 15.2. The summed E-state index contributed by atoms with van der Waals surface area (Å²) in [5, 5.41) is 0.331. The van der Waals surface area contributed by atoms with Crippen LogP contribution in [0.2, 0.25) is 36.3 Å². The van der Waals surface area contributed by atoms with E-state index in [0.717, 1.165) is 28.2 Å². The van der Waals surface area contributed by atoms with Crippen molar-refractivity contribution in [1.82, 2.24) is 0 Å². The predicted octanol–water partition coefficient (Wildman–Crippen LogP) is 11.1. The molecule has 0 saturated heterocycles. The fourth-order valence-corrected chi connectivity index (χ4v) is 6.53. The van der Waals surface area contributed by atoms with E-state index in [9.17, 15) is 0 Å². The molecule has 3 aromatic carbocycles. The van der Waals surface area contributed by atoms with Gasteiger partial charge in [-0.1, -0.05) is 96.0 Å². The fraction of sp³-hybridized carbons (Fsp3) is 0.487. The van der Waals surface area contributed by atoms with Crippen molar-refractivity contribution < 1.29 is 18.3 Å². The summed E-state index contributed by atoms with van der Waals surface area (Å²) in [7, 11) is -3.74. The zero-order chi connectivity index (χ0) is 33.5. The molecule has 0 aromatic heterocycles. The van der Waals surface area contributed by atoms with E-state index in [1.807, 2.05) is 31.2 Å². The lowest BCUT2D eigenvalue weighted by Gasteiger charge is -2.40. The second-order valence-electron chi connectivity index (χ2n) is 15.1. The van der Waals surface area contributed by atoms with Crippen LogP contribution in [0, 0.1) is 17.8 Å². The number of hydrogen-bond donors (Lipinski definition) is 0. The molecule has 45 heavy (non-hydrogen) atoms. The molecule has 6 heteroatoms. The zero-order valence-corrected chi connectivity index (χ0v) is 31.8. The van der Waals surface area contributed by atoms with Gasteiger partial charge in [0, 0.05) is 5.92 Å². The van der Waals surface area contributed by atoms with Crippen molar-refractivity contribution in [3.05, 3.63) is 95.1 Å². The van der Waals surface area contributed by atoms with Crippen molar-refractivity contribution in [2.45, 2.75) is 118 Å². The smallest absolute Gasteiger partial charge is 0.192 e. The van der Waals surface area contributed by atoms with Crippen molar-refractivity contribution in [3.8, 4) is 23.3 Å². The molecular weight excluding hydrogens is 589 g/mol. The van der Waals surface area contributed by atoms with E-state index < -0.39 is 16.6 Å². The fourth-order valence-electron chi connectivity index (χ4n) is 4.24. The van der Waals surface area contributed by atoms with Crippen LogP contribution < -0.4 is 9.47 Å². The number of hydrogen-bond acceptors (Lipinski definition) is 4. The lowest BCUT2D eigenvalue weighted by atomic mass is 9.98. The Balaban J connectivity index is 1.52. The maximum atomic E-state index is 6.85. The molecule has 0 aliphatic heterocycles. The molecule has 4 nitrogen and oxygen atoms in total. The van der Waals surface area contributed by atoms with Gasteiger partial charge < -0.3 is 18.3 Å². The van der Waals surface area contributed by atoms with Crippen molar-refractivity contribution in [1.29, 1.82) is 0 Å². The average molecular weight is 645 g/mol. The Kier molecular flexibility index (Phi) is 12.4. The van der Waals surface area contributed by atoms with Gasteiger partial charge in [-0.15, -0.1) is 5.92 Å². The highest BCUT2D eigenvalue weighted by Crippen LogP contribution is 2.42. The maximum Gasteiger partial charge on any atom is 0.192 e. The van der Waals surface area contributed by atoms with Crippen LogP contribution in [0.25, 0.3) is 0 Å². The highest BCUT2D eigenvalue weighted by Gasteiger charge is 2.40. The van der Waals surface area contributed by atoms with Gasteiger partial charge >= 0.3 is 0 Å². The van der Waals surface area contributed by atoms with E-state index in [0.29, 0.717) is 19.8 Å². The second-order valence-corrected chi connectivity index (χ2v) is 24.7. The Morgan fingerprint density at radius 1 is 0.600 bits per heavy atom. The molecular formula is C39H56O4Si2. The average Bonchev–Trinajstić information content (AvgIpc) is 2.97. The lowest BCUT2D eigenvalue weighted by Crippen LogP contribution is -2.42. The van der Waals surface area contributed by atoms with Gasteiger partial charge in [0.05, 0.1) is 12.7 Å². The van der Waals surface area contributed by atoms with E-state index in [1.165, 1.54) is 5.56 Å². The summed E-state index contributed by atoms with van der Waals surface area (Å²) in [5.74, 6) is 8.19. The quantitative estimate of drug-likeness (QED) is 0.137. The standard InChI is InChI=1S/C39H56O4Si2/c1-13-14-30(2)37(43-45(11,12)39(6,7)8)34-21-25-36(26-22-34)41-28-32-17-15-31(16-18-32)27-40-35-23-19-33(20-24-35)29-42-44(9,10)38(3,4)5/h15-26,30,37H,27-29H2,1-12H3/t30-,37-/m0/s1. The first-order chi connectivity index (χ1) is 20.9. The molecule has 0 amide bonds. The minimum Gasteiger partial charge on any atom is -0.489 e. The summed E-state index contributed by atoms with van der Waals surface area (Å²) in [6, 6.07) is 25.0. The molecule has 0 aliphatic rings. The molecule has 3 rings (SSSR count). The van der Waals surface area contributed by atoms with Crippen molar-refractivity contribution in [2.24, 2.45) is 5.92 Å². The summed E-state index contributed by atoms with van der Waals surface area (Å²) in [6.07, 6.45) is -0.0681. The molecule has 3 aromatic rings. The van der Waals surface area contributed by atoms with Gasteiger partial charge in [-0.3, -0.25) is 0 Å². The van der Waals surface area contributed by atoms with Crippen LogP contribution in [0.5, 0.6) is 11.5 Å². The number of benzene rings is 3. The molecule has 0 aliphatic carbocycles. The van der Waals surface area contributed by atoms with E-state index in [2.05, 4.69) is 135 Å². The van der Waals surface area contributed by atoms with Crippen LogP contribution in [0.3, 0.4) is 0 Å². The molecule has 0 radical (unpaired) electrons. The minimum atomic E-state index is -1.97. The van der Waals surface area contributed by atoms with Crippen LogP contribution in [0.4, 0.5) is 0 Å². The largest absolute Gasteiger partial charge is 0.489 e. The lowest BCUT2D eigenvalue weighted by molar-refractivity contribution is 0.151.